The molecule has 1 rings (SSSR count). The van der Waals surface area contributed by atoms with Gasteiger partial charge in [0.15, 0.2) is 0 Å². The Labute approximate surface area is 123 Å². The standard InChI is InChI=1S/C11H12ClNO4Si2/c12-11(14)17-10-3-1-9(2-4-10)13(5-7-15-18)6-8-16-19/h1-4H,5-8H2. The third kappa shape index (κ3) is 6.21. The zero-order chi connectivity index (χ0) is 14.1. The molecule has 1 aromatic rings. The zero-order valence-electron chi connectivity index (χ0n) is 10.1. The van der Waals surface area contributed by atoms with Gasteiger partial charge in [0.25, 0.3) is 0 Å². The predicted molar refractivity (Wildman–Crippen MR) is 73.9 cm³/mol. The maximum absolute atomic E-state index is 10.6. The van der Waals surface area contributed by atoms with Crippen molar-refractivity contribution in [2.24, 2.45) is 0 Å². The number of benzene rings is 1. The lowest BCUT2D eigenvalue weighted by atomic mass is 10.2. The van der Waals surface area contributed by atoms with Crippen molar-refractivity contribution in [2.45, 2.75) is 0 Å². The predicted octanol–water partition coefficient (Wildman–Crippen LogP) is 1.43. The number of rotatable bonds is 8. The number of anilines is 1. The smallest absolute Gasteiger partial charge is 0.409 e. The SMILES string of the molecule is O=C(Cl)Oc1ccc(N(CCO[Si])CCO[Si])cc1. The summed E-state index contributed by atoms with van der Waals surface area (Å²) >= 11 is 5.14. The molecule has 19 heavy (non-hydrogen) atoms. The Kier molecular flexibility index (Phi) is 7.76. The maximum Gasteiger partial charge on any atom is 0.409 e. The van der Waals surface area contributed by atoms with Crippen molar-refractivity contribution in [3.63, 3.8) is 0 Å². The topological polar surface area (TPSA) is 48.0 Å². The van der Waals surface area contributed by atoms with E-state index in [4.69, 9.17) is 25.2 Å². The Balaban J connectivity index is 2.68. The van der Waals surface area contributed by atoms with Gasteiger partial charge in [0.2, 0.25) is 21.0 Å². The van der Waals surface area contributed by atoms with Crippen LogP contribution in [0.5, 0.6) is 5.75 Å². The third-order valence-electron chi connectivity index (χ3n) is 2.33. The highest BCUT2D eigenvalue weighted by atomic mass is 35.5. The van der Waals surface area contributed by atoms with Crippen LogP contribution >= 0.6 is 11.6 Å². The summed E-state index contributed by atoms with van der Waals surface area (Å²) in [7, 11) is 5.93. The minimum atomic E-state index is -0.857. The molecular weight excluding hydrogens is 302 g/mol. The number of carbonyl (C=O) groups is 1. The first-order chi connectivity index (χ1) is 9.17. The molecule has 0 saturated carbocycles. The van der Waals surface area contributed by atoms with Crippen LogP contribution in [0.4, 0.5) is 10.5 Å². The van der Waals surface area contributed by atoms with E-state index in [1.54, 1.807) is 12.1 Å². The van der Waals surface area contributed by atoms with Crippen LogP contribution in [0.3, 0.4) is 0 Å². The molecule has 100 valence electrons. The van der Waals surface area contributed by atoms with Crippen LogP contribution < -0.4 is 9.64 Å². The molecule has 0 aliphatic carbocycles. The summed E-state index contributed by atoms with van der Waals surface area (Å²) in [6, 6.07) is 7.00. The number of ether oxygens (including phenoxy) is 1. The number of hydrogen-bond acceptors (Lipinski definition) is 5. The van der Waals surface area contributed by atoms with Crippen molar-refractivity contribution in [1.29, 1.82) is 0 Å². The fraction of sp³-hybridized carbons (Fsp3) is 0.364. The van der Waals surface area contributed by atoms with Gasteiger partial charge in [-0.05, 0) is 24.3 Å². The van der Waals surface area contributed by atoms with Crippen LogP contribution in [0.15, 0.2) is 24.3 Å². The molecule has 0 saturated heterocycles. The lowest BCUT2D eigenvalue weighted by Crippen LogP contribution is -2.30. The lowest BCUT2D eigenvalue weighted by molar-refractivity contribution is 0.225. The van der Waals surface area contributed by atoms with E-state index in [2.05, 4.69) is 25.9 Å². The highest BCUT2D eigenvalue weighted by Crippen LogP contribution is 2.19. The average Bonchev–Trinajstić information content (AvgIpc) is 2.39. The van der Waals surface area contributed by atoms with E-state index in [0.29, 0.717) is 32.1 Å². The van der Waals surface area contributed by atoms with Gasteiger partial charge in [-0.3, -0.25) is 0 Å². The summed E-state index contributed by atoms with van der Waals surface area (Å²) in [4.78, 5) is 12.7. The minimum absolute atomic E-state index is 0.399. The van der Waals surface area contributed by atoms with Crippen molar-refractivity contribution >= 4 is 43.7 Å². The molecule has 1 aromatic carbocycles. The first-order valence-corrected chi connectivity index (χ1v) is 6.66. The Morgan fingerprint density at radius 1 is 1.11 bits per heavy atom. The zero-order valence-corrected chi connectivity index (χ0v) is 12.9. The van der Waals surface area contributed by atoms with Gasteiger partial charge in [0.05, 0.1) is 13.2 Å². The second-order valence-electron chi connectivity index (χ2n) is 3.52. The second kappa shape index (κ2) is 9.10. The summed E-state index contributed by atoms with van der Waals surface area (Å²) in [5.74, 6) is 0.399. The van der Waals surface area contributed by atoms with Gasteiger partial charge in [-0.1, -0.05) is 0 Å². The summed E-state index contributed by atoms with van der Waals surface area (Å²) < 4.78 is 14.5. The van der Waals surface area contributed by atoms with Crippen molar-refractivity contribution in [2.75, 3.05) is 31.2 Å². The van der Waals surface area contributed by atoms with E-state index in [1.807, 2.05) is 12.1 Å². The van der Waals surface area contributed by atoms with E-state index in [-0.39, 0.29) is 0 Å². The molecule has 0 aromatic heterocycles. The van der Waals surface area contributed by atoms with Crippen molar-refractivity contribution in [1.82, 2.24) is 0 Å². The maximum atomic E-state index is 10.6. The fourth-order valence-electron chi connectivity index (χ4n) is 1.50. The highest BCUT2D eigenvalue weighted by Gasteiger charge is 2.07. The lowest BCUT2D eigenvalue weighted by Gasteiger charge is -2.24. The summed E-state index contributed by atoms with van der Waals surface area (Å²) in [5, 5.41) is 0. The van der Waals surface area contributed by atoms with Crippen molar-refractivity contribution < 1.29 is 18.4 Å². The molecule has 0 N–H and O–H groups in total. The van der Waals surface area contributed by atoms with Crippen molar-refractivity contribution in [3.8, 4) is 5.75 Å². The van der Waals surface area contributed by atoms with Gasteiger partial charge in [-0.2, -0.15) is 0 Å². The van der Waals surface area contributed by atoms with Gasteiger partial charge < -0.3 is 18.5 Å². The summed E-state index contributed by atoms with van der Waals surface area (Å²) in [6.45, 7) is 2.43. The normalized spacial score (nSPS) is 10.3. The molecule has 0 aliphatic rings. The quantitative estimate of drug-likeness (QED) is 0.537. The van der Waals surface area contributed by atoms with Gasteiger partial charge in [0.1, 0.15) is 5.75 Å². The molecule has 8 heteroatoms. The first kappa shape index (κ1) is 16.2. The van der Waals surface area contributed by atoms with Gasteiger partial charge in [0, 0.05) is 30.4 Å². The van der Waals surface area contributed by atoms with E-state index in [1.165, 1.54) is 0 Å². The molecular formula is C11H12ClNO4Si2. The van der Waals surface area contributed by atoms with E-state index >= 15 is 0 Å². The molecule has 0 aliphatic heterocycles. The van der Waals surface area contributed by atoms with Crippen LogP contribution in [0.25, 0.3) is 0 Å². The summed E-state index contributed by atoms with van der Waals surface area (Å²) in [6.07, 6.45) is 0. The molecule has 0 heterocycles. The van der Waals surface area contributed by atoms with E-state index in [9.17, 15) is 4.79 Å². The Bertz CT molecular complexity index is 383. The van der Waals surface area contributed by atoms with Crippen LogP contribution in [0.1, 0.15) is 0 Å². The van der Waals surface area contributed by atoms with Crippen LogP contribution in [0, 0.1) is 0 Å². The van der Waals surface area contributed by atoms with E-state index < -0.39 is 5.43 Å². The first-order valence-electron chi connectivity index (χ1n) is 5.46. The molecule has 0 atom stereocenters. The molecule has 0 unspecified atom stereocenters. The van der Waals surface area contributed by atoms with Gasteiger partial charge >= 0.3 is 5.43 Å². The number of carbonyl (C=O) groups excluding carboxylic acids is 1. The fourth-order valence-corrected chi connectivity index (χ4v) is 1.77. The Morgan fingerprint density at radius 2 is 1.63 bits per heavy atom. The number of halogens is 1. The molecule has 6 radical (unpaired) electrons. The molecule has 0 amide bonds. The molecule has 0 bridgehead atoms. The third-order valence-corrected chi connectivity index (χ3v) is 2.81. The number of hydrogen-bond donors (Lipinski definition) is 0. The van der Waals surface area contributed by atoms with Crippen LogP contribution in [0.2, 0.25) is 0 Å². The summed E-state index contributed by atoms with van der Waals surface area (Å²) in [5.41, 5.74) is 0.103. The van der Waals surface area contributed by atoms with Crippen LogP contribution in [-0.4, -0.2) is 52.7 Å². The van der Waals surface area contributed by atoms with Crippen molar-refractivity contribution in [3.05, 3.63) is 24.3 Å². The molecule has 5 nitrogen and oxygen atoms in total. The van der Waals surface area contributed by atoms with E-state index in [0.717, 1.165) is 5.69 Å². The largest absolute Gasteiger partial charge is 0.417 e. The molecule has 0 fully saturated rings. The average molecular weight is 314 g/mol. The Hall–Kier alpha value is -0.866. The van der Waals surface area contributed by atoms with Gasteiger partial charge in [-0.25, -0.2) is 4.79 Å². The molecule has 0 spiro atoms. The monoisotopic (exact) mass is 313 g/mol. The number of nitrogens with zero attached hydrogens (tertiary/aromatic N) is 1. The second-order valence-corrected chi connectivity index (χ2v) is 4.40. The van der Waals surface area contributed by atoms with Crippen LogP contribution in [-0.2, 0) is 8.85 Å². The van der Waals surface area contributed by atoms with Gasteiger partial charge in [-0.15, -0.1) is 0 Å². The minimum Gasteiger partial charge on any atom is -0.417 e. The highest BCUT2D eigenvalue weighted by molar-refractivity contribution is 6.61. The Morgan fingerprint density at radius 3 is 2.05 bits per heavy atom.